The van der Waals surface area contributed by atoms with Crippen molar-refractivity contribution in [2.45, 2.75) is 57.4 Å². The number of nitrogens with zero attached hydrogens (tertiary/aromatic N) is 2. The van der Waals surface area contributed by atoms with Crippen molar-refractivity contribution in [3.05, 3.63) is 35.9 Å². The van der Waals surface area contributed by atoms with Crippen molar-refractivity contribution in [1.82, 2.24) is 5.01 Å². The maximum atomic E-state index is 13.4. The minimum atomic E-state index is -1.05. The Kier molecular flexibility index (Phi) is 6.59. The summed E-state index contributed by atoms with van der Waals surface area (Å²) in [6.07, 6.45) is 12.4. The number of hydrogen-bond donors (Lipinski definition) is 1. The summed E-state index contributed by atoms with van der Waals surface area (Å²) in [6, 6.07) is 5.63. The SMILES string of the molecule is COc1ccc(C2=NN(C3CCCCCC3)C(=O)[C@@H]3CC=CC[C@H]23)cc1OCC(=O)O. The van der Waals surface area contributed by atoms with Gasteiger partial charge in [-0.15, -0.1) is 0 Å². The van der Waals surface area contributed by atoms with Crippen LogP contribution in [0, 0.1) is 11.8 Å². The van der Waals surface area contributed by atoms with Gasteiger partial charge < -0.3 is 14.6 Å². The zero-order valence-corrected chi connectivity index (χ0v) is 18.0. The first kappa shape index (κ1) is 21.4. The average molecular weight is 427 g/mol. The Hall–Kier alpha value is -2.83. The number of amides is 1. The van der Waals surface area contributed by atoms with Crippen LogP contribution in [-0.2, 0) is 9.59 Å². The first-order valence-electron chi connectivity index (χ1n) is 11.2. The Labute approximate surface area is 182 Å². The van der Waals surface area contributed by atoms with E-state index < -0.39 is 12.6 Å². The number of hydrogen-bond acceptors (Lipinski definition) is 5. The summed E-state index contributed by atoms with van der Waals surface area (Å²) in [5.74, 6) is -0.165. The molecule has 1 amide bonds. The maximum absolute atomic E-state index is 13.4. The summed E-state index contributed by atoms with van der Waals surface area (Å²) >= 11 is 0. The van der Waals surface area contributed by atoms with Crippen molar-refractivity contribution in [3.8, 4) is 11.5 Å². The van der Waals surface area contributed by atoms with Crippen LogP contribution < -0.4 is 9.47 Å². The Morgan fingerprint density at radius 2 is 1.81 bits per heavy atom. The summed E-state index contributed by atoms with van der Waals surface area (Å²) in [6.45, 7) is -0.451. The molecule has 0 aromatic heterocycles. The molecule has 1 heterocycles. The second-order valence-corrected chi connectivity index (χ2v) is 8.52. The predicted octanol–water partition coefficient (Wildman–Crippen LogP) is 4.01. The van der Waals surface area contributed by atoms with E-state index >= 15 is 0 Å². The molecule has 1 aliphatic heterocycles. The van der Waals surface area contributed by atoms with Crippen molar-refractivity contribution in [2.75, 3.05) is 13.7 Å². The number of carbonyl (C=O) groups excluding carboxylic acids is 1. The number of carboxylic acids is 1. The van der Waals surface area contributed by atoms with Crippen molar-refractivity contribution in [2.24, 2.45) is 16.9 Å². The van der Waals surface area contributed by atoms with Gasteiger partial charge >= 0.3 is 5.97 Å². The lowest BCUT2D eigenvalue weighted by molar-refractivity contribution is -0.141. The lowest BCUT2D eigenvalue weighted by Gasteiger charge is -2.40. The van der Waals surface area contributed by atoms with Gasteiger partial charge in [0.2, 0.25) is 5.91 Å². The highest BCUT2D eigenvalue weighted by molar-refractivity contribution is 6.07. The molecule has 2 atom stereocenters. The molecule has 1 aromatic rings. The molecule has 0 unspecified atom stereocenters. The molecule has 0 bridgehead atoms. The second kappa shape index (κ2) is 9.54. The first-order valence-corrected chi connectivity index (χ1v) is 11.2. The van der Waals surface area contributed by atoms with Gasteiger partial charge in [0.15, 0.2) is 18.1 Å². The monoisotopic (exact) mass is 426 g/mol. The Morgan fingerprint density at radius 3 is 2.48 bits per heavy atom. The maximum Gasteiger partial charge on any atom is 0.341 e. The zero-order valence-electron chi connectivity index (χ0n) is 18.0. The number of rotatable bonds is 6. The quantitative estimate of drug-likeness (QED) is 0.548. The number of allylic oxidation sites excluding steroid dienone is 2. The van der Waals surface area contributed by atoms with E-state index in [1.165, 1.54) is 20.0 Å². The van der Waals surface area contributed by atoms with Gasteiger partial charge in [-0.05, 0) is 43.9 Å². The van der Waals surface area contributed by atoms with E-state index in [1.54, 1.807) is 17.1 Å². The van der Waals surface area contributed by atoms with Crippen LogP contribution in [0.4, 0.5) is 0 Å². The number of ether oxygens (including phenoxy) is 2. The minimum absolute atomic E-state index is 0.0141. The molecule has 0 spiro atoms. The van der Waals surface area contributed by atoms with Crippen LogP contribution in [0.1, 0.15) is 56.9 Å². The molecule has 31 heavy (non-hydrogen) atoms. The normalized spacial score (nSPS) is 24.2. The highest BCUT2D eigenvalue weighted by atomic mass is 16.5. The van der Waals surface area contributed by atoms with E-state index in [0.29, 0.717) is 11.5 Å². The second-order valence-electron chi connectivity index (χ2n) is 8.52. The first-order chi connectivity index (χ1) is 15.1. The molecule has 3 aliphatic rings. The van der Waals surface area contributed by atoms with Crippen LogP contribution in [0.25, 0.3) is 0 Å². The Balaban J connectivity index is 1.72. The molecule has 7 nitrogen and oxygen atoms in total. The highest BCUT2D eigenvalue weighted by Crippen LogP contribution is 2.38. The number of hydrazone groups is 1. The largest absolute Gasteiger partial charge is 0.493 e. The molecular formula is C24H30N2O5. The van der Waals surface area contributed by atoms with Crippen molar-refractivity contribution in [1.29, 1.82) is 0 Å². The summed E-state index contributed by atoms with van der Waals surface area (Å²) in [5, 5.41) is 15.7. The number of fused-ring (bicyclic) bond motifs is 1. The van der Waals surface area contributed by atoms with Crippen molar-refractivity contribution < 1.29 is 24.2 Å². The summed E-state index contributed by atoms with van der Waals surface area (Å²) in [5.41, 5.74) is 1.72. The van der Waals surface area contributed by atoms with E-state index in [2.05, 4.69) is 12.2 Å². The minimum Gasteiger partial charge on any atom is -0.493 e. The lowest BCUT2D eigenvalue weighted by atomic mass is 9.76. The van der Waals surface area contributed by atoms with E-state index in [4.69, 9.17) is 19.7 Å². The van der Waals surface area contributed by atoms with E-state index in [0.717, 1.165) is 49.8 Å². The standard InChI is InChI=1S/C24H30N2O5/c1-30-20-13-12-16(14-21(20)31-15-22(27)28)23-18-10-6-7-11-19(18)24(29)26(25-23)17-8-4-2-3-5-9-17/h6-7,12-14,17-19H,2-5,8-11,15H2,1H3,(H,27,28)/t18-,19+/m0/s1. The van der Waals surface area contributed by atoms with Gasteiger partial charge in [0.25, 0.3) is 0 Å². The number of methoxy groups -OCH3 is 1. The van der Waals surface area contributed by atoms with Crippen LogP contribution >= 0.6 is 0 Å². The zero-order chi connectivity index (χ0) is 21.8. The smallest absolute Gasteiger partial charge is 0.341 e. The molecular weight excluding hydrogens is 396 g/mol. The van der Waals surface area contributed by atoms with Gasteiger partial charge in [0, 0.05) is 11.5 Å². The Bertz CT molecular complexity index is 886. The topological polar surface area (TPSA) is 88.4 Å². The average Bonchev–Trinajstić information content (AvgIpc) is 3.07. The number of benzene rings is 1. The van der Waals surface area contributed by atoms with Crippen LogP contribution in [0.15, 0.2) is 35.5 Å². The van der Waals surface area contributed by atoms with E-state index in [1.807, 2.05) is 6.07 Å². The highest BCUT2D eigenvalue weighted by Gasteiger charge is 2.42. The van der Waals surface area contributed by atoms with Gasteiger partial charge in [0.05, 0.1) is 24.8 Å². The molecule has 0 saturated heterocycles. The van der Waals surface area contributed by atoms with Crippen LogP contribution in [0.5, 0.6) is 11.5 Å². The lowest BCUT2D eigenvalue weighted by Crippen LogP contribution is -2.49. The third-order valence-electron chi connectivity index (χ3n) is 6.52. The third kappa shape index (κ3) is 4.60. The summed E-state index contributed by atoms with van der Waals surface area (Å²) in [4.78, 5) is 24.4. The summed E-state index contributed by atoms with van der Waals surface area (Å²) < 4.78 is 10.8. The molecule has 166 valence electrons. The number of carboxylic acid groups (broad SMARTS) is 1. The van der Waals surface area contributed by atoms with Gasteiger partial charge in [-0.2, -0.15) is 5.10 Å². The van der Waals surface area contributed by atoms with Crippen molar-refractivity contribution >= 4 is 17.6 Å². The fourth-order valence-electron chi connectivity index (χ4n) is 4.92. The van der Waals surface area contributed by atoms with Crippen molar-refractivity contribution in [3.63, 3.8) is 0 Å². The molecule has 4 rings (SSSR count). The molecule has 1 N–H and O–H groups in total. The molecule has 7 heteroatoms. The van der Waals surface area contributed by atoms with Crippen LogP contribution in [-0.4, -0.2) is 47.5 Å². The van der Waals surface area contributed by atoms with Gasteiger partial charge in [-0.3, -0.25) is 4.79 Å². The van der Waals surface area contributed by atoms with Gasteiger partial charge in [0.1, 0.15) is 0 Å². The Morgan fingerprint density at radius 1 is 1.10 bits per heavy atom. The molecule has 1 fully saturated rings. The molecule has 1 aromatic carbocycles. The third-order valence-corrected chi connectivity index (χ3v) is 6.52. The van der Waals surface area contributed by atoms with Gasteiger partial charge in [-0.25, -0.2) is 9.80 Å². The summed E-state index contributed by atoms with van der Waals surface area (Å²) in [7, 11) is 1.52. The fraction of sp³-hybridized carbons (Fsp3) is 0.542. The number of aliphatic carboxylic acids is 1. The van der Waals surface area contributed by atoms with Crippen LogP contribution in [0.2, 0.25) is 0 Å². The van der Waals surface area contributed by atoms with Crippen LogP contribution in [0.3, 0.4) is 0 Å². The molecule has 0 radical (unpaired) electrons. The number of carbonyl (C=O) groups is 2. The molecule has 1 saturated carbocycles. The van der Waals surface area contributed by atoms with E-state index in [9.17, 15) is 9.59 Å². The van der Waals surface area contributed by atoms with Gasteiger partial charge in [-0.1, -0.05) is 37.8 Å². The molecule has 2 aliphatic carbocycles. The van der Waals surface area contributed by atoms with E-state index in [-0.39, 0.29) is 23.8 Å². The predicted molar refractivity (Wildman–Crippen MR) is 116 cm³/mol. The fourth-order valence-corrected chi connectivity index (χ4v) is 4.92.